The van der Waals surface area contributed by atoms with E-state index in [1.54, 1.807) is 0 Å². The zero-order valence-electron chi connectivity index (χ0n) is 20.1. The molecule has 1 saturated heterocycles. The number of ether oxygens (including phenoxy) is 1. The SMILES string of the molecule is CN(C)Cc1cc2c(N3CCOCC3)nc(-c3ccc(NC(=O)NC(C)(C)C)cc3)nn2c1. The van der Waals surface area contributed by atoms with Crippen LogP contribution < -0.4 is 15.5 Å². The highest BCUT2D eigenvalue weighted by Gasteiger charge is 2.20. The molecule has 0 atom stereocenters. The zero-order valence-corrected chi connectivity index (χ0v) is 20.1. The quantitative estimate of drug-likeness (QED) is 0.620. The van der Waals surface area contributed by atoms with Gasteiger partial charge in [0.15, 0.2) is 11.6 Å². The van der Waals surface area contributed by atoms with Crippen LogP contribution in [0, 0.1) is 0 Å². The number of aromatic nitrogens is 3. The Morgan fingerprint density at radius 3 is 2.48 bits per heavy atom. The van der Waals surface area contributed by atoms with E-state index in [1.165, 1.54) is 5.56 Å². The summed E-state index contributed by atoms with van der Waals surface area (Å²) in [5.74, 6) is 1.56. The van der Waals surface area contributed by atoms with Gasteiger partial charge >= 0.3 is 6.03 Å². The number of nitrogens with zero attached hydrogens (tertiary/aromatic N) is 5. The zero-order chi connectivity index (χ0) is 23.6. The van der Waals surface area contributed by atoms with Gasteiger partial charge < -0.3 is 25.2 Å². The van der Waals surface area contributed by atoms with Crippen LogP contribution in [-0.4, -0.2) is 71.5 Å². The van der Waals surface area contributed by atoms with Gasteiger partial charge in [0.1, 0.15) is 5.52 Å². The van der Waals surface area contributed by atoms with E-state index in [-0.39, 0.29) is 11.6 Å². The molecule has 3 aromatic rings. The topological polar surface area (TPSA) is 87.0 Å². The third-order valence-corrected chi connectivity index (χ3v) is 5.20. The Labute approximate surface area is 194 Å². The molecule has 9 heteroatoms. The number of morpholine rings is 1. The third kappa shape index (κ3) is 5.80. The Morgan fingerprint density at radius 1 is 1.15 bits per heavy atom. The van der Waals surface area contributed by atoms with Crippen LogP contribution in [0.2, 0.25) is 0 Å². The maximum absolute atomic E-state index is 12.2. The van der Waals surface area contributed by atoms with E-state index in [0.717, 1.165) is 36.5 Å². The molecule has 1 aliphatic heterocycles. The van der Waals surface area contributed by atoms with E-state index >= 15 is 0 Å². The predicted octanol–water partition coefficient (Wildman–Crippen LogP) is 3.21. The van der Waals surface area contributed by atoms with Crippen molar-refractivity contribution in [1.82, 2.24) is 24.8 Å². The first-order valence-electron chi connectivity index (χ1n) is 11.2. The van der Waals surface area contributed by atoms with Gasteiger partial charge in [0.2, 0.25) is 0 Å². The molecule has 0 saturated carbocycles. The number of rotatable bonds is 5. The lowest BCUT2D eigenvalue weighted by Crippen LogP contribution is -2.43. The second-order valence-corrected chi connectivity index (χ2v) is 9.68. The molecule has 1 fully saturated rings. The smallest absolute Gasteiger partial charge is 0.319 e. The first-order chi connectivity index (χ1) is 15.7. The van der Waals surface area contributed by atoms with Crippen molar-refractivity contribution in [2.75, 3.05) is 50.6 Å². The van der Waals surface area contributed by atoms with E-state index in [0.29, 0.717) is 24.7 Å². The number of carbonyl (C=O) groups excluding carboxylic acids is 1. The fourth-order valence-electron chi connectivity index (χ4n) is 3.82. The number of carbonyl (C=O) groups is 1. The van der Waals surface area contributed by atoms with Crippen LogP contribution in [0.1, 0.15) is 26.3 Å². The number of anilines is 2. The van der Waals surface area contributed by atoms with Gasteiger partial charge in [-0.05, 0) is 70.8 Å². The minimum absolute atomic E-state index is 0.233. The van der Waals surface area contributed by atoms with Gasteiger partial charge in [0.05, 0.1) is 13.2 Å². The second-order valence-electron chi connectivity index (χ2n) is 9.68. The molecule has 1 aromatic carbocycles. The highest BCUT2D eigenvalue weighted by molar-refractivity contribution is 5.90. The molecule has 2 amide bonds. The minimum atomic E-state index is -0.300. The van der Waals surface area contributed by atoms with Crippen LogP contribution in [0.3, 0.4) is 0 Å². The molecule has 0 radical (unpaired) electrons. The molecule has 2 aromatic heterocycles. The van der Waals surface area contributed by atoms with Crippen molar-refractivity contribution in [3.8, 4) is 11.4 Å². The van der Waals surface area contributed by atoms with Crippen molar-refractivity contribution >= 4 is 23.1 Å². The largest absolute Gasteiger partial charge is 0.378 e. The predicted molar refractivity (Wildman–Crippen MR) is 131 cm³/mol. The summed E-state index contributed by atoms with van der Waals surface area (Å²) in [6.07, 6.45) is 2.07. The molecule has 0 unspecified atom stereocenters. The van der Waals surface area contributed by atoms with Gasteiger partial charge in [0.25, 0.3) is 0 Å². The first-order valence-corrected chi connectivity index (χ1v) is 11.2. The van der Waals surface area contributed by atoms with Crippen LogP contribution in [0.5, 0.6) is 0 Å². The molecular weight excluding hydrogens is 418 g/mol. The highest BCUT2D eigenvalue weighted by atomic mass is 16.5. The summed E-state index contributed by atoms with van der Waals surface area (Å²) >= 11 is 0. The summed E-state index contributed by atoms with van der Waals surface area (Å²) in [6, 6.07) is 9.53. The number of nitrogens with one attached hydrogen (secondary N) is 2. The molecule has 176 valence electrons. The molecule has 1 aliphatic rings. The van der Waals surface area contributed by atoms with Gasteiger partial charge in [-0.2, -0.15) is 0 Å². The number of benzene rings is 1. The third-order valence-electron chi connectivity index (χ3n) is 5.20. The van der Waals surface area contributed by atoms with Crippen molar-refractivity contribution in [1.29, 1.82) is 0 Å². The van der Waals surface area contributed by atoms with Crippen LogP contribution in [0.15, 0.2) is 36.5 Å². The molecule has 33 heavy (non-hydrogen) atoms. The van der Waals surface area contributed by atoms with Crippen molar-refractivity contribution in [2.45, 2.75) is 32.9 Å². The van der Waals surface area contributed by atoms with Gasteiger partial charge in [-0.3, -0.25) is 0 Å². The first kappa shape index (κ1) is 23.0. The fourth-order valence-corrected chi connectivity index (χ4v) is 3.82. The van der Waals surface area contributed by atoms with E-state index < -0.39 is 0 Å². The van der Waals surface area contributed by atoms with Gasteiger partial charge in [-0.15, -0.1) is 5.10 Å². The Morgan fingerprint density at radius 2 is 1.85 bits per heavy atom. The van der Waals surface area contributed by atoms with Gasteiger partial charge in [-0.1, -0.05) is 0 Å². The molecule has 0 spiro atoms. The van der Waals surface area contributed by atoms with Crippen LogP contribution >= 0.6 is 0 Å². The lowest BCUT2D eigenvalue weighted by Gasteiger charge is -2.28. The summed E-state index contributed by atoms with van der Waals surface area (Å²) in [6.45, 7) is 9.64. The Hall–Kier alpha value is -3.17. The molecular formula is C24H33N7O2. The van der Waals surface area contributed by atoms with Gasteiger partial charge in [-0.25, -0.2) is 14.3 Å². The van der Waals surface area contributed by atoms with Crippen LogP contribution in [0.4, 0.5) is 16.3 Å². The Kier molecular flexibility index (Phi) is 6.53. The number of urea groups is 1. The second kappa shape index (κ2) is 9.36. The fraction of sp³-hybridized carbons (Fsp3) is 0.458. The molecule has 3 heterocycles. The summed E-state index contributed by atoms with van der Waals surface area (Å²) in [7, 11) is 4.11. The number of hydrogen-bond acceptors (Lipinski definition) is 6. The standard InChI is InChI=1S/C24H33N7O2/c1-24(2,3)27-23(32)25-19-8-6-18(7-9-19)21-26-22(30-10-12-33-13-11-30)20-14-17(15-29(4)5)16-31(20)28-21/h6-9,14,16H,10-13,15H2,1-5H3,(H2,25,27,32). The molecule has 2 N–H and O–H groups in total. The van der Waals surface area contributed by atoms with Crippen molar-refractivity contribution in [2.24, 2.45) is 0 Å². The average Bonchev–Trinajstić information content (AvgIpc) is 3.14. The summed E-state index contributed by atoms with van der Waals surface area (Å²) in [5, 5.41) is 10.6. The Bertz CT molecular complexity index is 1110. The maximum atomic E-state index is 12.2. The van der Waals surface area contributed by atoms with E-state index in [9.17, 15) is 4.79 Å². The molecule has 0 aliphatic carbocycles. The van der Waals surface area contributed by atoms with Crippen LogP contribution in [-0.2, 0) is 11.3 Å². The van der Waals surface area contributed by atoms with E-state index in [1.807, 2.05) is 49.6 Å². The monoisotopic (exact) mass is 451 g/mol. The van der Waals surface area contributed by atoms with E-state index in [2.05, 4.69) is 46.8 Å². The van der Waals surface area contributed by atoms with Crippen molar-refractivity contribution < 1.29 is 9.53 Å². The normalized spacial score (nSPS) is 14.7. The number of fused-ring (bicyclic) bond motifs is 1. The maximum Gasteiger partial charge on any atom is 0.319 e. The highest BCUT2D eigenvalue weighted by Crippen LogP contribution is 2.27. The number of hydrogen-bond donors (Lipinski definition) is 2. The van der Waals surface area contributed by atoms with Crippen molar-refractivity contribution in [3.63, 3.8) is 0 Å². The van der Waals surface area contributed by atoms with Crippen LogP contribution in [0.25, 0.3) is 16.9 Å². The summed E-state index contributed by atoms with van der Waals surface area (Å²) < 4.78 is 7.47. The number of amides is 2. The lowest BCUT2D eigenvalue weighted by molar-refractivity contribution is 0.122. The van der Waals surface area contributed by atoms with Crippen molar-refractivity contribution in [3.05, 3.63) is 42.1 Å². The lowest BCUT2D eigenvalue weighted by atomic mass is 10.1. The molecule has 0 bridgehead atoms. The summed E-state index contributed by atoms with van der Waals surface area (Å²) in [5.41, 5.74) is 3.48. The Balaban J connectivity index is 1.64. The molecule has 9 nitrogen and oxygen atoms in total. The van der Waals surface area contributed by atoms with Gasteiger partial charge in [0, 0.05) is 42.6 Å². The summed E-state index contributed by atoms with van der Waals surface area (Å²) in [4.78, 5) is 21.5. The van der Waals surface area contributed by atoms with E-state index in [4.69, 9.17) is 14.8 Å². The average molecular weight is 452 g/mol. The molecule has 4 rings (SSSR count). The minimum Gasteiger partial charge on any atom is -0.378 e.